The summed E-state index contributed by atoms with van der Waals surface area (Å²) in [6.07, 6.45) is 0. The normalized spacial score (nSPS) is 18.5. The second-order valence-corrected chi connectivity index (χ2v) is 5.27. The first-order valence-corrected chi connectivity index (χ1v) is 6.74. The summed E-state index contributed by atoms with van der Waals surface area (Å²) in [5.74, 6) is -1.26. The lowest BCUT2D eigenvalue weighted by atomic mass is 9.98. The molecule has 4 nitrogen and oxygen atoms in total. The molecule has 1 aromatic carbocycles. The van der Waals surface area contributed by atoms with Gasteiger partial charge in [0.15, 0.2) is 0 Å². The molecule has 0 bridgehead atoms. The monoisotopic (exact) mass is 313 g/mol. The van der Waals surface area contributed by atoms with Crippen LogP contribution in [0.1, 0.15) is 11.5 Å². The van der Waals surface area contributed by atoms with E-state index in [2.05, 4.69) is 20.8 Å². The van der Waals surface area contributed by atoms with Crippen LogP contribution in [0.5, 0.6) is 0 Å². The number of halogens is 1. The number of carboxylic acids is 1. The average molecular weight is 314 g/mol. The van der Waals surface area contributed by atoms with E-state index in [1.807, 2.05) is 24.3 Å². The zero-order valence-corrected chi connectivity index (χ0v) is 11.6. The molecular weight excluding hydrogens is 298 g/mol. The van der Waals surface area contributed by atoms with Crippen LogP contribution in [0.15, 0.2) is 28.7 Å². The van der Waals surface area contributed by atoms with E-state index in [0.29, 0.717) is 19.8 Å². The van der Waals surface area contributed by atoms with Crippen LogP contribution in [-0.2, 0) is 9.53 Å². The maximum absolute atomic E-state index is 11.4. The van der Waals surface area contributed by atoms with Crippen molar-refractivity contribution in [3.63, 3.8) is 0 Å². The van der Waals surface area contributed by atoms with Gasteiger partial charge < -0.3 is 9.84 Å². The Kier molecular flexibility index (Phi) is 4.74. The van der Waals surface area contributed by atoms with E-state index >= 15 is 0 Å². The Morgan fingerprint density at radius 1 is 1.44 bits per heavy atom. The Labute approximate surface area is 115 Å². The standard InChI is InChI=1S/C13H16BrNO3/c14-11-3-1-2-10(8-11)12(13(16)17)9-15-4-6-18-7-5-15/h1-3,8,12H,4-7,9H2,(H,16,17). The number of morpholine rings is 1. The molecule has 1 unspecified atom stereocenters. The summed E-state index contributed by atoms with van der Waals surface area (Å²) in [4.78, 5) is 13.6. The third-order valence-electron chi connectivity index (χ3n) is 3.09. The van der Waals surface area contributed by atoms with Gasteiger partial charge >= 0.3 is 5.97 Å². The molecule has 0 aliphatic carbocycles. The van der Waals surface area contributed by atoms with Gasteiger partial charge in [-0.15, -0.1) is 0 Å². The molecule has 1 atom stereocenters. The first-order chi connectivity index (χ1) is 8.66. The fourth-order valence-electron chi connectivity index (χ4n) is 2.09. The predicted molar refractivity (Wildman–Crippen MR) is 71.8 cm³/mol. The highest BCUT2D eigenvalue weighted by molar-refractivity contribution is 9.10. The van der Waals surface area contributed by atoms with E-state index in [-0.39, 0.29) is 0 Å². The lowest BCUT2D eigenvalue weighted by Crippen LogP contribution is -2.40. The topological polar surface area (TPSA) is 49.8 Å². The molecule has 1 saturated heterocycles. The SMILES string of the molecule is O=C(O)C(CN1CCOCC1)c1cccc(Br)c1. The van der Waals surface area contributed by atoms with Crippen molar-refractivity contribution in [1.29, 1.82) is 0 Å². The van der Waals surface area contributed by atoms with Gasteiger partial charge in [0.25, 0.3) is 0 Å². The number of hydrogen-bond donors (Lipinski definition) is 1. The number of nitrogens with zero attached hydrogens (tertiary/aromatic N) is 1. The van der Waals surface area contributed by atoms with Crippen LogP contribution >= 0.6 is 15.9 Å². The molecule has 1 heterocycles. The van der Waals surface area contributed by atoms with E-state index in [0.717, 1.165) is 23.1 Å². The molecule has 5 heteroatoms. The molecule has 1 aliphatic rings. The van der Waals surface area contributed by atoms with E-state index < -0.39 is 11.9 Å². The Morgan fingerprint density at radius 3 is 2.78 bits per heavy atom. The van der Waals surface area contributed by atoms with Crippen LogP contribution in [0.3, 0.4) is 0 Å². The smallest absolute Gasteiger partial charge is 0.312 e. The van der Waals surface area contributed by atoms with Crippen LogP contribution in [0.25, 0.3) is 0 Å². The summed E-state index contributed by atoms with van der Waals surface area (Å²) in [6, 6.07) is 7.51. The quantitative estimate of drug-likeness (QED) is 0.923. The molecule has 1 N–H and O–H groups in total. The second kappa shape index (κ2) is 6.31. The van der Waals surface area contributed by atoms with E-state index in [9.17, 15) is 9.90 Å². The highest BCUT2D eigenvalue weighted by Gasteiger charge is 2.24. The molecule has 2 rings (SSSR count). The molecule has 0 amide bonds. The van der Waals surface area contributed by atoms with Crippen molar-refractivity contribution in [3.8, 4) is 0 Å². The molecule has 0 spiro atoms. The Balaban J connectivity index is 2.10. The van der Waals surface area contributed by atoms with Gasteiger partial charge in [-0.1, -0.05) is 28.1 Å². The number of ether oxygens (including phenoxy) is 1. The van der Waals surface area contributed by atoms with Gasteiger partial charge in [0.05, 0.1) is 19.1 Å². The molecule has 0 aromatic heterocycles. The fraction of sp³-hybridized carbons (Fsp3) is 0.462. The number of carbonyl (C=O) groups is 1. The van der Waals surface area contributed by atoms with Gasteiger partial charge in [-0.3, -0.25) is 9.69 Å². The van der Waals surface area contributed by atoms with Crippen molar-refractivity contribution < 1.29 is 14.6 Å². The number of hydrogen-bond acceptors (Lipinski definition) is 3. The van der Waals surface area contributed by atoms with Crippen LogP contribution < -0.4 is 0 Å². The minimum atomic E-state index is -0.778. The predicted octanol–water partition coefficient (Wildman–Crippen LogP) is 1.95. The summed E-state index contributed by atoms with van der Waals surface area (Å²) in [7, 11) is 0. The molecule has 1 aromatic rings. The molecular formula is C13H16BrNO3. The van der Waals surface area contributed by atoms with Crippen molar-refractivity contribution in [3.05, 3.63) is 34.3 Å². The van der Waals surface area contributed by atoms with Crippen LogP contribution in [0, 0.1) is 0 Å². The summed E-state index contributed by atoms with van der Waals surface area (Å²) in [5, 5.41) is 9.38. The molecule has 0 radical (unpaired) electrons. The summed E-state index contributed by atoms with van der Waals surface area (Å²) < 4.78 is 6.18. The Bertz CT molecular complexity index is 418. The highest BCUT2D eigenvalue weighted by atomic mass is 79.9. The fourth-order valence-corrected chi connectivity index (χ4v) is 2.51. The van der Waals surface area contributed by atoms with Crippen molar-refractivity contribution in [1.82, 2.24) is 4.90 Å². The second-order valence-electron chi connectivity index (χ2n) is 4.36. The number of aliphatic carboxylic acids is 1. The van der Waals surface area contributed by atoms with Gasteiger partial charge in [-0.2, -0.15) is 0 Å². The van der Waals surface area contributed by atoms with Crippen LogP contribution in [0.2, 0.25) is 0 Å². The lowest BCUT2D eigenvalue weighted by molar-refractivity contribution is -0.139. The first kappa shape index (κ1) is 13.5. The number of benzene rings is 1. The number of carboxylic acid groups (broad SMARTS) is 1. The largest absolute Gasteiger partial charge is 0.481 e. The minimum Gasteiger partial charge on any atom is -0.481 e. The minimum absolute atomic E-state index is 0.486. The van der Waals surface area contributed by atoms with Gasteiger partial charge in [0, 0.05) is 24.1 Å². The van der Waals surface area contributed by atoms with Crippen molar-refractivity contribution in [2.24, 2.45) is 0 Å². The molecule has 98 valence electrons. The van der Waals surface area contributed by atoms with E-state index in [4.69, 9.17) is 4.74 Å². The third kappa shape index (κ3) is 3.54. The van der Waals surface area contributed by atoms with Crippen molar-refractivity contribution >= 4 is 21.9 Å². The summed E-state index contributed by atoms with van der Waals surface area (Å²) in [6.45, 7) is 3.51. The highest BCUT2D eigenvalue weighted by Crippen LogP contribution is 2.22. The van der Waals surface area contributed by atoms with Crippen LogP contribution in [-0.4, -0.2) is 48.8 Å². The van der Waals surface area contributed by atoms with Gasteiger partial charge in [0.2, 0.25) is 0 Å². The van der Waals surface area contributed by atoms with Gasteiger partial charge in [-0.05, 0) is 17.7 Å². The van der Waals surface area contributed by atoms with Gasteiger partial charge in [0.1, 0.15) is 0 Å². The zero-order chi connectivity index (χ0) is 13.0. The number of rotatable bonds is 4. The molecule has 18 heavy (non-hydrogen) atoms. The first-order valence-electron chi connectivity index (χ1n) is 5.95. The maximum Gasteiger partial charge on any atom is 0.312 e. The van der Waals surface area contributed by atoms with E-state index in [1.165, 1.54) is 0 Å². The van der Waals surface area contributed by atoms with Gasteiger partial charge in [-0.25, -0.2) is 0 Å². The average Bonchev–Trinajstić information content (AvgIpc) is 2.37. The Morgan fingerprint density at radius 2 is 2.17 bits per heavy atom. The zero-order valence-electron chi connectivity index (χ0n) is 10.0. The van der Waals surface area contributed by atoms with Crippen molar-refractivity contribution in [2.75, 3.05) is 32.8 Å². The van der Waals surface area contributed by atoms with Crippen LogP contribution in [0.4, 0.5) is 0 Å². The van der Waals surface area contributed by atoms with Crippen molar-refractivity contribution in [2.45, 2.75) is 5.92 Å². The molecule has 1 fully saturated rings. The van der Waals surface area contributed by atoms with E-state index in [1.54, 1.807) is 0 Å². The maximum atomic E-state index is 11.4. The lowest BCUT2D eigenvalue weighted by Gasteiger charge is -2.29. The summed E-state index contributed by atoms with van der Waals surface area (Å²) >= 11 is 3.38. The third-order valence-corrected chi connectivity index (χ3v) is 3.59. The summed E-state index contributed by atoms with van der Waals surface area (Å²) in [5.41, 5.74) is 0.836. The molecule has 1 aliphatic heterocycles. The molecule has 0 saturated carbocycles. The Hall–Kier alpha value is -0.910.